The molecule has 0 bridgehead atoms. The van der Waals surface area contributed by atoms with Crippen LogP contribution in [0.15, 0.2) is 0 Å². The fraction of sp³-hybridized carbons (Fsp3) is 0.778. The highest BCUT2D eigenvalue weighted by Gasteiger charge is 2.30. The molecule has 0 aromatic rings. The minimum absolute atomic E-state index is 0.000000000000000222. The minimum Gasteiger partial charge on any atom is -0.480 e. The third kappa shape index (κ3) is 2.23. The van der Waals surface area contributed by atoms with E-state index in [2.05, 4.69) is 0 Å². The van der Waals surface area contributed by atoms with Crippen LogP contribution in [-0.4, -0.2) is 11.1 Å². The lowest BCUT2D eigenvalue weighted by atomic mass is 9.91. The van der Waals surface area contributed by atoms with Gasteiger partial charge in [-0.2, -0.15) is 5.26 Å². The maximum absolute atomic E-state index is 10.6. The van der Waals surface area contributed by atoms with Gasteiger partial charge in [0.05, 0.1) is 6.07 Å². The molecule has 0 amide bonds. The Labute approximate surface area is 72.0 Å². The van der Waals surface area contributed by atoms with E-state index in [-0.39, 0.29) is 5.92 Å². The van der Waals surface area contributed by atoms with E-state index in [4.69, 9.17) is 10.4 Å². The molecule has 1 saturated carbocycles. The molecule has 3 nitrogen and oxygen atoms in total. The van der Waals surface area contributed by atoms with E-state index in [0.717, 1.165) is 6.42 Å². The summed E-state index contributed by atoms with van der Waals surface area (Å²) in [5, 5.41) is 17.2. The van der Waals surface area contributed by atoms with Gasteiger partial charge in [0.2, 0.25) is 0 Å². The van der Waals surface area contributed by atoms with Gasteiger partial charge in [0.1, 0.15) is 5.92 Å². The molecule has 66 valence electrons. The molecule has 2 unspecified atom stereocenters. The van der Waals surface area contributed by atoms with Crippen molar-refractivity contribution in [2.24, 2.45) is 17.8 Å². The molecule has 1 fully saturated rings. The first-order valence-corrected chi connectivity index (χ1v) is 4.27. The van der Waals surface area contributed by atoms with Crippen LogP contribution in [0.3, 0.4) is 0 Å². The summed E-state index contributed by atoms with van der Waals surface area (Å²) in [7, 11) is 0. The Bertz CT molecular complexity index is 215. The maximum atomic E-state index is 10.6. The topological polar surface area (TPSA) is 61.1 Å². The third-order valence-electron chi connectivity index (χ3n) is 2.38. The standard InChI is InChI=1S/C9H13NO2/c1-6(4-7-2-3-7)8(5-10)9(11)12/h6-8H,2-4H2,1H3,(H,11,12). The van der Waals surface area contributed by atoms with Crippen molar-refractivity contribution in [3.63, 3.8) is 0 Å². The lowest BCUT2D eigenvalue weighted by Crippen LogP contribution is -2.20. The first-order chi connectivity index (χ1) is 5.65. The molecule has 1 N–H and O–H groups in total. The maximum Gasteiger partial charge on any atom is 0.321 e. The van der Waals surface area contributed by atoms with Crippen molar-refractivity contribution < 1.29 is 9.90 Å². The Hall–Kier alpha value is -1.04. The number of aliphatic carboxylic acids is 1. The van der Waals surface area contributed by atoms with E-state index in [1.54, 1.807) is 0 Å². The molecule has 12 heavy (non-hydrogen) atoms. The van der Waals surface area contributed by atoms with Gasteiger partial charge in [-0.25, -0.2) is 0 Å². The van der Waals surface area contributed by atoms with Gasteiger partial charge in [-0.15, -0.1) is 0 Å². The first kappa shape index (κ1) is 9.05. The molecular formula is C9H13NO2. The predicted octanol–water partition coefficient (Wildman–Crippen LogP) is 1.65. The van der Waals surface area contributed by atoms with Gasteiger partial charge in [0, 0.05) is 0 Å². The lowest BCUT2D eigenvalue weighted by Gasteiger charge is -2.12. The van der Waals surface area contributed by atoms with Gasteiger partial charge < -0.3 is 5.11 Å². The number of carboxylic acids is 1. The molecule has 0 aromatic carbocycles. The number of hydrogen-bond donors (Lipinski definition) is 1. The largest absolute Gasteiger partial charge is 0.480 e. The fourth-order valence-electron chi connectivity index (χ4n) is 1.44. The first-order valence-electron chi connectivity index (χ1n) is 4.27. The molecule has 0 aliphatic heterocycles. The van der Waals surface area contributed by atoms with E-state index < -0.39 is 11.9 Å². The SMILES string of the molecule is CC(CC1CC1)C(C#N)C(=O)O. The average molecular weight is 167 g/mol. The molecule has 1 aliphatic carbocycles. The smallest absolute Gasteiger partial charge is 0.321 e. The van der Waals surface area contributed by atoms with Crippen LogP contribution < -0.4 is 0 Å². The lowest BCUT2D eigenvalue weighted by molar-refractivity contribution is -0.141. The van der Waals surface area contributed by atoms with Gasteiger partial charge in [-0.3, -0.25) is 4.79 Å². The van der Waals surface area contributed by atoms with Gasteiger partial charge in [0.15, 0.2) is 0 Å². The van der Waals surface area contributed by atoms with Crippen molar-refractivity contribution in [2.75, 3.05) is 0 Å². The van der Waals surface area contributed by atoms with Crippen LogP contribution in [-0.2, 0) is 4.79 Å². The predicted molar refractivity (Wildman–Crippen MR) is 43.2 cm³/mol. The van der Waals surface area contributed by atoms with E-state index in [1.807, 2.05) is 13.0 Å². The summed E-state index contributed by atoms with van der Waals surface area (Å²) < 4.78 is 0. The molecule has 0 radical (unpaired) electrons. The van der Waals surface area contributed by atoms with Crippen molar-refractivity contribution in [1.29, 1.82) is 5.26 Å². The fourth-order valence-corrected chi connectivity index (χ4v) is 1.44. The van der Waals surface area contributed by atoms with Crippen LogP contribution in [0, 0.1) is 29.1 Å². The molecule has 0 saturated heterocycles. The third-order valence-corrected chi connectivity index (χ3v) is 2.38. The van der Waals surface area contributed by atoms with Gasteiger partial charge >= 0.3 is 5.97 Å². The number of nitrogens with zero attached hydrogens (tertiary/aromatic N) is 1. The van der Waals surface area contributed by atoms with Crippen LogP contribution >= 0.6 is 0 Å². The number of rotatable bonds is 4. The molecule has 0 heterocycles. The van der Waals surface area contributed by atoms with Crippen LogP contribution in [0.2, 0.25) is 0 Å². The highest BCUT2D eigenvalue weighted by Crippen LogP contribution is 2.37. The van der Waals surface area contributed by atoms with Crippen LogP contribution in [0.4, 0.5) is 0 Å². The number of hydrogen-bond acceptors (Lipinski definition) is 2. The van der Waals surface area contributed by atoms with Crippen LogP contribution in [0.1, 0.15) is 26.2 Å². The summed E-state index contributed by atoms with van der Waals surface area (Å²) in [6.07, 6.45) is 3.31. The highest BCUT2D eigenvalue weighted by atomic mass is 16.4. The summed E-state index contributed by atoms with van der Waals surface area (Å²) in [5.74, 6) is -1.11. The van der Waals surface area contributed by atoms with E-state index in [9.17, 15) is 4.79 Å². The quantitative estimate of drug-likeness (QED) is 0.692. The van der Waals surface area contributed by atoms with E-state index in [0.29, 0.717) is 5.92 Å². The highest BCUT2D eigenvalue weighted by molar-refractivity contribution is 5.73. The summed E-state index contributed by atoms with van der Waals surface area (Å²) in [4.78, 5) is 10.6. The zero-order valence-corrected chi connectivity index (χ0v) is 7.16. The summed E-state index contributed by atoms with van der Waals surface area (Å²) in [5.41, 5.74) is 0. The van der Waals surface area contributed by atoms with Gasteiger partial charge in [-0.05, 0) is 18.3 Å². The summed E-state index contributed by atoms with van der Waals surface area (Å²) in [6, 6.07) is 1.83. The molecule has 0 aromatic heterocycles. The van der Waals surface area contributed by atoms with E-state index >= 15 is 0 Å². The normalized spacial score (nSPS) is 21.0. The van der Waals surface area contributed by atoms with Crippen LogP contribution in [0.5, 0.6) is 0 Å². The Kier molecular flexibility index (Phi) is 2.69. The van der Waals surface area contributed by atoms with E-state index in [1.165, 1.54) is 12.8 Å². The monoisotopic (exact) mass is 167 g/mol. The molecule has 0 spiro atoms. The van der Waals surface area contributed by atoms with Crippen LogP contribution in [0.25, 0.3) is 0 Å². The Morgan fingerprint density at radius 1 is 1.75 bits per heavy atom. The number of carbonyl (C=O) groups is 1. The Morgan fingerprint density at radius 3 is 2.67 bits per heavy atom. The average Bonchev–Trinajstić information content (AvgIpc) is 2.71. The van der Waals surface area contributed by atoms with Gasteiger partial charge in [0.25, 0.3) is 0 Å². The van der Waals surface area contributed by atoms with Crippen molar-refractivity contribution >= 4 is 5.97 Å². The molecular weight excluding hydrogens is 154 g/mol. The zero-order chi connectivity index (χ0) is 9.14. The van der Waals surface area contributed by atoms with Gasteiger partial charge in [-0.1, -0.05) is 19.8 Å². The number of nitriles is 1. The number of carboxylic acid groups (broad SMARTS) is 1. The zero-order valence-electron chi connectivity index (χ0n) is 7.16. The van der Waals surface area contributed by atoms with Crippen molar-refractivity contribution in [2.45, 2.75) is 26.2 Å². The second kappa shape index (κ2) is 3.57. The second-order valence-corrected chi connectivity index (χ2v) is 3.60. The Morgan fingerprint density at radius 2 is 2.33 bits per heavy atom. The molecule has 2 atom stereocenters. The molecule has 3 heteroatoms. The summed E-state index contributed by atoms with van der Waals surface area (Å²) in [6.45, 7) is 1.85. The molecule has 1 aliphatic rings. The summed E-state index contributed by atoms with van der Waals surface area (Å²) >= 11 is 0. The van der Waals surface area contributed by atoms with Crippen molar-refractivity contribution in [3.05, 3.63) is 0 Å². The minimum atomic E-state index is -0.981. The second-order valence-electron chi connectivity index (χ2n) is 3.60. The molecule has 1 rings (SSSR count). The van der Waals surface area contributed by atoms with Crippen molar-refractivity contribution in [3.8, 4) is 6.07 Å². The Balaban J connectivity index is 2.41. The van der Waals surface area contributed by atoms with Crippen molar-refractivity contribution in [1.82, 2.24) is 0 Å².